The highest BCUT2D eigenvalue weighted by Gasteiger charge is 2.42. The van der Waals surface area contributed by atoms with Crippen molar-refractivity contribution in [2.24, 2.45) is 11.8 Å². The van der Waals surface area contributed by atoms with Gasteiger partial charge in [0.15, 0.2) is 0 Å². The molecule has 19 heavy (non-hydrogen) atoms. The van der Waals surface area contributed by atoms with Crippen LogP contribution in [0.1, 0.15) is 60.3 Å². The van der Waals surface area contributed by atoms with Crippen LogP contribution >= 0.6 is 0 Å². The molecule has 2 nitrogen and oxygen atoms in total. The molecule has 0 bridgehead atoms. The van der Waals surface area contributed by atoms with Crippen molar-refractivity contribution in [2.75, 3.05) is 20.1 Å². The first-order valence-electron chi connectivity index (χ1n) is 8.26. The Bertz CT molecular complexity index is 286. The zero-order valence-electron chi connectivity index (χ0n) is 13.9. The van der Waals surface area contributed by atoms with E-state index in [4.69, 9.17) is 0 Å². The average molecular weight is 266 g/mol. The zero-order valence-corrected chi connectivity index (χ0v) is 13.9. The van der Waals surface area contributed by atoms with Gasteiger partial charge in [0.1, 0.15) is 0 Å². The van der Waals surface area contributed by atoms with Crippen LogP contribution in [0.25, 0.3) is 0 Å². The van der Waals surface area contributed by atoms with Gasteiger partial charge < -0.3 is 4.90 Å². The van der Waals surface area contributed by atoms with Crippen LogP contribution in [-0.4, -0.2) is 47.6 Å². The van der Waals surface area contributed by atoms with Crippen molar-refractivity contribution in [2.45, 2.75) is 77.9 Å². The van der Waals surface area contributed by atoms with Gasteiger partial charge in [-0.15, -0.1) is 0 Å². The van der Waals surface area contributed by atoms with Crippen LogP contribution in [0.5, 0.6) is 0 Å². The predicted octanol–water partition coefficient (Wildman–Crippen LogP) is 3.62. The number of rotatable bonds is 2. The van der Waals surface area contributed by atoms with Crippen molar-refractivity contribution in [3.05, 3.63) is 0 Å². The molecular formula is C17H34N2. The lowest BCUT2D eigenvalue weighted by molar-refractivity contribution is 0.0781. The van der Waals surface area contributed by atoms with Crippen LogP contribution in [-0.2, 0) is 0 Å². The lowest BCUT2D eigenvalue weighted by atomic mass is 9.84. The van der Waals surface area contributed by atoms with E-state index in [1.807, 2.05) is 0 Å². The highest BCUT2D eigenvalue weighted by Crippen LogP contribution is 2.39. The van der Waals surface area contributed by atoms with Gasteiger partial charge in [0.25, 0.3) is 0 Å². The topological polar surface area (TPSA) is 6.48 Å². The molecule has 0 amide bonds. The first kappa shape index (κ1) is 15.3. The molecule has 0 N–H and O–H groups in total. The molecule has 2 fully saturated rings. The van der Waals surface area contributed by atoms with Gasteiger partial charge in [-0.1, -0.05) is 0 Å². The van der Waals surface area contributed by atoms with Crippen LogP contribution in [0.3, 0.4) is 0 Å². The maximum absolute atomic E-state index is 2.76. The molecule has 0 aromatic heterocycles. The van der Waals surface area contributed by atoms with Crippen LogP contribution in [0.2, 0.25) is 0 Å². The third-order valence-corrected chi connectivity index (χ3v) is 5.49. The van der Waals surface area contributed by atoms with Gasteiger partial charge in [-0.3, -0.25) is 4.90 Å². The lowest BCUT2D eigenvalue weighted by Gasteiger charge is -2.40. The van der Waals surface area contributed by atoms with Crippen molar-refractivity contribution in [3.63, 3.8) is 0 Å². The summed E-state index contributed by atoms with van der Waals surface area (Å²) in [7, 11) is 2.26. The molecule has 2 rings (SSSR count). The average Bonchev–Trinajstić information content (AvgIpc) is 2.56. The summed E-state index contributed by atoms with van der Waals surface area (Å²) in [6.45, 7) is 14.6. The molecule has 0 aliphatic carbocycles. The minimum absolute atomic E-state index is 0.320. The SMILES string of the molecule is C[C@@H]1C[C@H](CC2CCN(C)CC2)[C@@H](C)N1C(C)(C)C. The Morgan fingerprint density at radius 3 is 2.11 bits per heavy atom. The zero-order chi connectivity index (χ0) is 14.2. The Kier molecular flexibility index (Phi) is 4.62. The van der Waals surface area contributed by atoms with Gasteiger partial charge in [-0.2, -0.15) is 0 Å². The summed E-state index contributed by atoms with van der Waals surface area (Å²) in [5.74, 6) is 1.90. The molecule has 2 aliphatic heterocycles. The largest absolute Gasteiger partial charge is 0.306 e. The Morgan fingerprint density at radius 1 is 1.05 bits per heavy atom. The molecular weight excluding hydrogens is 232 g/mol. The van der Waals surface area contributed by atoms with E-state index in [2.05, 4.69) is 51.5 Å². The molecule has 3 atom stereocenters. The van der Waals surface area contributed by atoms with Gasteiger partial charge in [-0.25, -0.2) is 0 Å². The molecule has 0 aromatic rings. The quantitative estimate of drug-likeness (QED) is 0.753. The Hall–Kier alpha value is -0.0800. The third-order valence-electron chi connectivity index (χ3n) is 5.49. The van der Waals surface area contributed by atoms with E-state index in [9.17, 15) is 0 Å². The summed E-state index contributed by atoms with van der Waals surface area (Å²) < 4.78 is 0. The van der Waals surface area contributed by atoms with Crippen molar-refractivity contribution in [1.29, 1.82) is 0 Å². The molecule has 112 valence electrons. The molecule has 2 heteroatoms. The fourth-order valence-corrected chi connectivity index (χ4v) is 4.67. The van der Waals surface area contributed by atoms with Crippen molar-refractivity contribution < 1.29 is 0 Å². The second-order valence-electron chi connectivity index (χ2n) is 8.15. The summed E-state index contributed by atoms with van der Waals surface area (Å²) >= 11 is 0. The molecule has 2 aliphatic rings. The number of hydrogen-bond donors (Lipinski definition) is 0. The van der Waals surface area contributed by atoms with Gasteiger partial charge in [0, 0.05) is 17.6 Å². The van der Waals surface area contributed by atoms with E-state index in [-0.39, 0.29) is 0 Å². The number of nitrogens with zero attached hydrogens (tertiary/aromatic N) is 2. The lowest BCUT2D eigenvalue weighted by Crippen LogP contribution is -2.48. The minimum Gasteiger partial charge on any atom is -0.306 e. The van der Waals surface area contributed by atoms with Crippen LogP contribution in [0.15, 0.2) is 0 Å². The maximum atomic E-state index is 2.76. The fraction of sp³-hybridized carbons (Fsp3) is 1.00. The van der Waals surface area contributed by atoms with Crippen molar-refractivity contribution in [3.8, 4) is 0 Å². The van der Waals surface area contributed by atoms with Crippen molar-refractivity contribution >= 4 is 0 Å². The van der Waals surface area contributed by atoms with E-state index in [1.54, 1.807) is 0 Å². The number of piperidine rings is 1. The Morgan fingerprint density at radius 2 is 1.63 bits per heavy atom. The second-order valence-corrected chi connectivity index (χ2v) is 8.15. The van der Waals surface area contributed by atoms with Crippen LogP contribution in [0, 0.1) is 11.8 Å². The summed E-state index contributed by atoms with van der Waals surface area (Å²) in [6.07, 6.45) is 5.71. The van der Waals surface area contributed by atoms with Crippen LogP contribution < -0.4 is 0 Å². The smallest absolute Gasteiger partial charge is 0.0130 e. The van der Waals surface area contributed by atoms with Gasteiger partial charge in [0.05, 0.1) is 0 Å². The molecule has 0 unspecified atom stereocenters. The molecule has 2 heterocycles. The first-order chi connectivity index (χ1) is 8.79. The molecule has 0 spiro atoms. The van der Waals surface area contributed by atoms with Crippen molar-refractivity contribution in [1.82, 2.24) is 9.80 Å². The van der Waals surface area contributed by atoms with E-state index >= 15 is 0 Å². The van der Waals surface area contributed by atoms with Crippen LogP contribution in [0.4, 0.5) is 0 Å². The number of hydrogen-bond acceptors (Lipinski definition) is 2. The van der Waals surface area contributed by atoms with E-state index in [0.717, 1.165) is 23.9 Å². The van der Waals surface area contributed by atoms with Gasteiger partial charge in [-0.05, 0) is 92.3 Å². The summed E-state index contributed by atoms with van der Waals surface area (Å²) in [5, 5.41) is 0. The molecule has 0 radical (unpaired) electrons. The normalized spacial score (nSPS) is 36.0. The summed E-state index contributed by atoms with van der Waals surface area (Å²) in [5.41, 5.74) is 0.320. The highest BCUT2D eigenvalue weighted by atomic mass is 15.3. The third kappa shape index (κ3) is 3.52. The van der Waals surface area contributed by atoms with Gasteiger partial charge >= 0.3 is 0 Å². The van der Waals surface area contributed by atoms with E-state index < -0.39 is 0 Å². The molecule has 0 saturated carbocycles. The number of likely N-dealkylation sites (tertiary alicyclic amines) is 2. The molecule has 0 aromatic carbocycles. The first-order valence-corrected chi connectivity index (χ1v) is 8.26. The fourth-order valence-electron chi connectivity index (χ4n) is 4.67. The van der Waals surface area contributed by atoms with E-state index in [0.29, 0.717) is 5.54 Å². The summed E-state index contributed by atoms with van der Waals surface area (Å²) in [4.78, 5) is 5.24. The minimum atomic E-state index is 0.320. The van der Waals surface area contributed by atoms with E-state index in [1.165, 1.54) is 38.8 Å². The Labute approximate surface area is 120 Å². The van der Waals surface area contributed by atoms with Gasteiger partial charge in [0.2, 0.25) is 0 Å². The Balaban J connectivity index is 1.92. The maximum Gasteiger partial charge on any atom is 0.0130 e. The standard InChI is InChI=1S/C17H34N2/c1-13-11-16(14(2)19(13)17(3,4)5)12-15-7-9-18(6)10-8-15/h13-16H,7-12H2,1-6H3/t13-,14-,16-/m1/s1. The molecule has 2 saturated heterocycles. The summed E-state index contributed by atoms with van der Waals surface area (Å²) in [6, 6.07) is 1.51. The highest BCUT2D eigenvalue weighted by molar-refractivity contribution is 4.96. The predicted molar refractivity (Wildman–Crippen MR) is 83.5 cm³/mol. The monoisotopic (exact) mass is 266 g/mol. The second kappa shape index (κ2) is 5.73.